The molecule has 1 amide bonds. The molecule has 1 aliphatic carbocycles. The third-order valence-electron chi connectivity index (χ3n) is 4.50. The Labute approximate surface area is 129 Å². The van der Waals surface area contributed by atoms with E-state index in [0.717, 1.165) is 19.3 Å². The standard InChI is InChI=1S/C16H22N2O4/c1-11(19)12-8-13(18(2)9-12)14(20)17-10-16(15(21)22)6-4-3-5-7-16/h8-9H,3-7,10H2,1-2H3,(H,17,20)(H,21,22). The molecule has 2 N–H and O–H groups in total. The fraction of sp³-hybridized carbons (Fsp3) is 0.562. The van der Waals surface area contributed by atoms with Crippen LogP contribution < -0.4 is 5.32 Å². The molecule has 1 aromatic heterocycles. The summed E-state index contributed by atoms with van der Waals surface area (Å²) < 4.78 is 1.58. The van der Waals surface area contributed by atoms with Crippen LogP contribution in [0.2, 0.25) is 0 Å². The Balaban J connectivity index is 2.08. The van der Waals surface area contributed by atoms with Gasteiger partial charge in [0.1, 0.15) is 5.69 Å². The van der Waals surface area contributed by atoms with Gasteiger partial charge in [0.15, 0.2) is 5.78 Å². The van der Waals surface area contributed by atoms with E-state index in [1.165, 1.54) is 13.0 Å². The van der Waals surface area contributed by atoms with Gasteiger partial charge in [-0.25, -0.2) is 0 Å². The molecular formula is C16H22N2O4. The van der Waals surface area contributed by atoms with Crippen molar-refractivity contribution >= 4 is 17.7 Å². The van der Waals surface area contributed by atoms with Crippen molar-refractivity contribution in [3.63, 3.8) is 0 Å². The van der Waals surface area contributed by atoms with Gasteiger partial charge in [-0.05, 0) is 25.8 Å². The molecule has 0 spiro atoms. The lowest BCUT2D eigenvalue weighted by Crippen LogP contribution is -2.44. The summed E-state index contributed by atoms with van der Waals surface area (Å²) in [6.07, 6.45) is 5.58. The number of carbonyl (C=O) groups is 3. The molecule has 0 unspecified atom stereocenters. The second kappa shape index (κ2) is 6.34. The molecule has 0 saturated heterocycles. The van der Waals surface area contributed by atoms with E-state index in [1.54, 1.807) is 17.8 Å². The molecule has 6 nitrogen and oxygen atoms in total. The maximum Gasteiger partial charge on any atom is 0.311 e. The summed E-state index contributed by atoms with van der Waals surface area (Å²) in [4.78, 5) is 35.2. The lowest BCUT2D eigenvalue weighted by Gasteiger charge is -2.33. The van der Waals surface area contributed by atoms with Crippen LogP contribution in [0.25, 0.3) is 0 Å². The van der Waals surface area contributed by atoms with Crippen LogP contribution in [0.4, 0.5) is 0 Å². The van der Waals surface area contributed by atoms with Crippen molar-refractivity contribution in [2.45, 2.75) is 39.0 Å². The first-order valence-electron chi connectivity index (χ1n) is 7.55. The number of Topliss-reactive ketones (excluding diaryl/α,β-unsaturated/α-hetero) is 1. The maximum atomic E-state index is 12.3. The summed E-state index contributed by atoms with van der Waals surface area (Å²) in [6.45, 7) is 1.57. The molecule has 1 aliphatic rings. The van der Waals surface area contributed by atoms with Gasteiger partial charge in [0.2, 0.25) is 0 Å². The lowest BCUT2D eigenvalue weighted by atomic mass is 9.74. The van der Waals surface area contributed by atoms with E-state index < -0.39 is 11.4 Å². The van der Waals surface area contributed by atoms with Gasteiger partial charge in [-0.2, -0.15) is 0 Å². The monoisotopic (exact) mass is 306 g/mol. The highest BCUT2D eigenvalue weighted by Crippen LogP contribution is 2.36. The molecule has 6 heteroatoms. The zero-order chi connectivity index (χ0) is 16.3. The predicted molar refractivity (Wildman–Crippen MR) is 80.9 cm³/mol. The van der Waals surface area contributed by atoms with Crippen molar-refractivity contribution in [2.24, 2.45) is 12.5 Å². The molecule has 1 heterocycles. The van der Waals surface area contributed by atoms with Gasteiger partial charge in [-0.15, -0.1) is 0 Å². The fourth-order valence-electron chi connectivity index (χ4n) is 3.02. The molecule has 120 valence electrons. The number of carboxylic acids is 1. The molecule has 2 rings (SSSR count). The molecule has 1 saturated carbocycles. The second-order valence-corrected chi connectivity index (χ2v) is 6.11. The Morgan fingerprint density at radius 2 is 1.91 bits per heavy atom. The SMILES string of the molecule is CC(=O)c1cc(C(=O)NCC2(C(=O)O)CCCCC2)n(C)c1. The molecule has 1 fully saturated rings. The number of hydrogen-bond donors (Lipinski definition) is 2. The van der Waals surface area contributed by atoms with Crippen molar-refractivity contribution in [1.82, 2.24) is 9.88 Å². The van der Waals surface area contributed by atoms with Crippen molar-refractivity contribution in [2.75, 3.05) is 6.54 Å². The van der Waals surface area contributed by atoms with Crippen LogP contribution in [0.5, 0.6) is 0 Å². The lowest BCUT2D eigenvalue weighted by molar-refractivity contribution is -0.150. The highest BCUT2D eigenvalue weighted by molar-refractivity contribution is 5.99. The summed E-state index contributed by atoms with van der Waals surface area (Å²) in [5.74, 6) is -1.30. The number of aliphatic carboxylic acids is 1. The number of aromatic nitrogens is 1. The van der Waals surface area contributed by atoms with Gasteiger partial charge in [-0.3, -0.25) is 14.4 Å². The summed E-state index contributed by atoms with van der Waals surface area (Å²) >= 11 is 0. The number of aryl methyl sites for hydroxylation is 1. The van der Waals surface area contributed by atoms with Crippen molar-refractivity contribution < 1.29 is 19.5 Å². The van der Waals surface area contributed by atoms with Crippen LogP contribution in [0.3, 0.4) is 0 Å². The number of ketones is 1. The number of carboxylic acid groups (broad SMARTS) is 1. The average Bonchev–Trinajstić information content (AvgIpc) is 2.88. The quantitative estimate of drug-likeness (QED) is 0.814. The van der Waals surface area contributed by atoms with Crippen molar-refractivity contribution in [1.29, 1.82) is 0 Å². The molecule has 0 bridgehead atoms. The molecular weight excluding hydrogens is 284 g/mol. The zero-order valence-corrected chi connectivity index (χ0v) is 13.0. The second-order valence-electron chi connectivity index (χ2n) is 6.11. The summed E-state index contributed by atoms with van der Waals surface area (Å²) in [6, 6.07) is 1.53. The molecule has 22 heavy (non-hydrogen) atoms. The highest BCUT2D eigenvalue weighted by Gasteiger charge is 2.39. The summed E-state index contributed by atoms with van der Waals surface area (Å²) in [5, 5.41) is 12.2. The van der Waals surface area contributed by atoms with Crippen LogP contribution >= 0.6 is 0 Å². The predicted octanol–water partition coefficient (Wildman–Crippen LogP) is 1.99. The van der Waals surface area contributed by atoms with E-state index in [4.69, 9.17) is 0 Å². The molecule has 0 aliphatic heterocycles. The van der Waals surface area contributed by atoms with Gasteiger partial charge in [-0.1, -0.05) is 19.3 Å². The topological polar surface area (TPSA) is 88.4 Å². The van der Waals surface area contributed by atoms with Gasteiger partial charge in [0.05, 0.1) is 5.41 Å². The van der Waals surface area contributed by atoms with Gasteiger partial charge < -0.3 is 15.0 Å². The minimum atomic E-state index is -0.859. The molecule has 0 atom stereocenters. The van der Waals surface area contributed by atoms with E-state index >= 15 is 0 Å². The van der Waals surface area contributed by atoms with E-state index in [-0.39, 0.29) is 18.2 Å². The average molecular weight is 306 g/mol. The first kappa shape index (κ1) is 16.3. The minimum Gasteiger partial charge on any atom is -0.481 e. The first-order chi connectivity index (χ1) is 10.4. The minimum absolute atomic E-state index is 0.107. The third-order valence-corrected chi connectivity index (χ3v) is 4.50. The van der Waals surface area contributed by atoms with Crippen LogP contribution in [-0.4, -0.2) is 33.9 Å². The van der Waals surface area contributed by atoms with Crippen LogP contribution in [-0.2, 0) is 11.8 Å². The number of hydrogen-bond acceptors (Lipinski definition) is 3. The fourth-order valence-corrected chi connectivity index (χ4v) is 3.02. The van der Waals surface area contributed by atoms with Gasteiger partial charge in [0, 0.05) is 25.4 Å². The van der Waals surface area contributed by atoms with E-state index in [9.17, 15) is 19.5 Å². The number of rotatable bonds is 5. The Kier molecular flexibility index (Phi) is 4.68. The van der Waals surface area contributed by atoms with E-state index in [0.29, 0.717) is 24.1 Å². The molecule has 1 aromatic rings. The van der Waals surface area contributed by atoms with Crippen LogP contribution in [0, 0.1) is 5.41 Å². The van der Waals surface area contributed by atoms with E-state index in [2.05, 4.69) is 5.32 Å². The van der Waals surface area contributed by atoms with Crippen LogP contribution in [0.15, 0.2) is 12.3 Å². The third kappa shape index (κ3) is 3.21. The van der Waals surface area contributed by atoms with Gasteiger partial charge in [0.25, 0.3) is 5.91 Å². The number of carbonyl (C=O) groups excluding carboxylic acids is 2. The number of nitrogens with one attached hydrogen (secondary N) is 1. The highest BCUT2D eigenvalue weighted by atomic mass is 16.4. The number of nitrogens with zero attached hydrogens (tertiary/aromatic N) is 1. The zero-order valence-electron chi connectivity index (χ0n) is 13.0. The smallest absolute Gasteiger partial charge is 0.311 e. The van der Waals surface area contributed by atoms with E-state index in [1.807, 2.05) is 0 Å². The summed E-state index contributed by atoms with van der Waals surface area (Å²) in [5.41, 5.74) is -0.0255. The largest absolute Gasteiger partial charge is 0.481 e. The van der Waals surface area contributed by atoms with Crippen LogP contribution in [0.1, 0.15) is 59.9 Å². The van der Waals surface area contributed by atoms with Gasteiger partial charge >= 0.3 is 5.97 Å². The maximum absolute atomic E-state index is 12.3. The Morgan fingerprint density at radius 1 is 1.27 bits per heavy atom. The number of amides is 1. The summed E-state index contributed by atoms with van der Waals surface area (Å²) in [7, 11) is 1.69. The normalized spacial score (nSPS) is 17.0. The Bertz CT molecular complexity index is 597. The Morgan fingerprint density at radius 3 is 2.41 bits per heavy atom. The Hall–Kier alpha value is -2.11. The molecule has 0 aromatic carbocycles. The molecule has 0 radical (unpaired) electrons. The van der Waals surface area contributed by atoms with Crippen molar-refractivity contribution in [3.8, 4) is 0 Å². The van der Waals surface area contributed by atoms with Crippen molar-refractivity contribution in [3.05, 3.63) is 23.5 Å². The first-order valence-corrected chi connectivity index (χ1v) is 7.55.